The molecular weight excluding hydrogens is 489 g/mol. The van der Waals surface area contributed by atoms with Gasteiger partial charge in [0.15, 0.2) is 5.76 Å². The van der Waals surface area contributed by atoms with E-state index in [0.29, 0.717) is 55.8 Å². The molecule has 3 heterocycles. The third kappa shape index (κ3) is 5.97. The van der Waals surface area contributed by atoms with Crippen LogP contribution in [0.3, 0.4) is 0 Å². The fourth-order valence-corrected chi connectivity index (χ4v) is 4.58. The molecule has 5 rings (SSSR count). The Morgan fingerprint density at radius 3 is 2.61 bits per heavy atom. The summed E-state index contributed by atoms with van der Waals surface area (Å²) in [5, 5.41) is 6.77. The standard InChI is InChI=1S/C28H28FN5O4/c1-19(35)30-24(17-21-7-2-3-9-23(21)29)28(36)34-13-11-33(12-14-34)18-20-6-4-8-22(16-20)26-31-27(38-32-26)25-10-5-15-37-25/h2-10,15-16,24H,11-14,17-18H2,1H3,(H,30,35)/t24-/m0/s1. The Morgan fingerprint density at radius 2 is 1.87 bits per heavy atom. The molecule has 2 aromatic carbocycles. The molecule has 0 bridgehead atoms. The number of piperazine rings is 1. The van der Waals surface area contributed by atoms with E-state index in [1.807, 2.05) is 24.3 Å². The summed E-state index contributed by atoms with van der Waals surface area (Å²) < 4.78 is 24.8. The van der Waals surface area contributed by atoms with Crippen LogP contribution in [0.4, 0.5) is 4.39 Å². The van der Waals surface area contributed by atoms with Gasteiger partial charge in [-0.05, 0) is 35.4 Å². The average molecular weight is 518 g/mol. The van der Waals surface area contributed by atoms with Gasteiger partial charge in [0.05, 0.1) is 6.26 Å². The molecule has 0 saturated carbocycles. The largest absolute Gasteiger partial charge is 0.459 e. The van der Waals surface area contributed by atoms with Crippen LogP contribution < -0.4 is 5.32 Å². The molecule has 2 aromatic heterocycles. The molecule has 1 aliphatic heterocycles. The summed E-state index contributed by atoms with van der Waals surface area (Å²) in [6, 6.07) is 17.0. The Balaban J connectivity index is 1.19. The van der Waals surface area contributed by atoms with Crippen LogP contribution in [0, 0.1) is 5.82 Å². The normalized spacial score (nSPS) is 14.8. The van der Waals surface area contributed by atoms with Crippen LogP contribution in [0.5, 0.6) is 0 Å². The maximum absolute atomic E-state index is 14.2. The van der Waals surface area contributed by atoms with Crippen LogP contribution in [0.1, 0.15) is 18.1 Å². The quantitative estimate of drug-likeness (QED) is 0.381. The molecule has 0 aliphatic carbocycles. The van der Waals surface area contributed by atoms with Crippen LogP contribution >= 0.6 is 0 Å². The minimum Gasteiger partial charge on any atom is -0.459 e. The molecule has 1 atom stereocenters. The number of nitrogens with one attached hydrogen (secondary N) is 1. The summed E-state index contributed by atoms with van der Waals surface area (Å²) >= 11 is 0. The van der Waals surface area contributed by atoms with Gasteiger partial charge in [-0.3, -0.25) is 14.5 Å². The molecule has 4 aromatic rings. The van der Waals surface area contributed by atoms with Gasteiger partial charge in [-0.15, -0.1) is 0 Å². The lowest BCUT2D eigenvalue weighted by molar-refractivity contribution is -0.137. The van der Waals surface area contributed by atoms with Gasteiger partial charge in [0, 0.05) is 51.6 Å². The van der Waals surface area contributed by atoms with Gasteiger partial charge in [0.2, 0.25) is 17.6 Å². The zero-order chi connectivity index (χ0) is 26.5. The zero-order valence-electron chi connectivity index (χ0n) is 21.0. The highest BCUT2D eigenvalue weighted by Crippen LogP contribution is 2.23. The van der Waals surface area contributed by atoms with E-state index in [2.05, 4.69) is 20.4 Å². The predicted octanol–water partition coefficient (Wildman–Crippen LogP) is 3.53. The highest BCUT2D eigenvalue weighted by molar-refractivity contribution is 5.87. The fraction of sp³-hybridized carbons (Fsp3) is 0.286. The van der Waals surface area contributed by atoms with E-state index >= 15 is 0 Å². The van der Waals surface area contributed by atoms with Crippen molar-refractivity contribution in [3.8, 4) is 23.0 Å². The summed E-state index contributed by atoms with van der Waals surface area (Å²) in [7, 11) is 0. The second-order valence-electron chi connectivity index (χ2n) is 9.25. The van der Waals surface area contributed by atoms with Gasteiger partial charge in [-0.2, -0.15) is 4.98 Å². The molecule has 38 heavy (non-hydrogen) atoms. The van der Waals surface area contributed by atoms with E-state index in [0.717, 1.165) is 11.1 Å². The number of hydrogen-bond acceptors (Lipinski definition) is 7. The maximum atomic E-state index is 14.2. The van der Waals surface area contributed by atoms with Crippen molar-refractivity contribution in [2.24, 2.45) is 0 Å². The minimum atomic E-state index is -0.811. The SMILES string of the molecule is CC(=O)N[C@@H](Cc1ccccc1F)C(=O)N1CCN(Cc2cccc(-c3noc(-c4ccco4)n3)c2)CC1. The highest BCUT2D eigenvalue weighted by atomic mass is 19.1. The topological polar surface area (TPSA) is 105 Å². The number of rotatable bonds is 8. The summed E-state index contributed by atoms with van der Waals surface area (Å²) in [6.45, 7) is 4.44. The second kappa shape index (κ2) is 11.4. The van der Waals surface area contributed by atoms with Gasteiger partial charge in [0.25, 0.3) is 5.89 Å². The van der Waals surface area contributed by atoms with Gasteiger partial charge >= 0.3 is 0 Å². The van der Waals surface area contributed by atoms with Crippen molar-refractivity contribution in [3.63, 3.8) is 0 Å². The Hall–Kier alpha value is -4.31. The number of hydrogen-bond donors (Lipinski definition) is 1. The molecule has 10 heteroatoms. The summed E-state index contributed by atoms with van der Waals surface area (Å²) in [5.41, 5.74) is 2.32. The molecule has 9 nitrogen and oxygen atoms in total. The number of nitrogens with zero attached hydrogens (tertiary/aromatic N) is 4. The summed E-state index contributed by atoms with van der Waals surface area (Å²) in [4.78, 5) is 33.4. The van der Waals surface area contributed by atoms with Gasteiger partial charge in [0.1, 0.15) is 11.9 Å². The van der Waals surface area contributed by atoms with Crippen molar-refractivity contribution >= 4 is 11.8 Å². The monoisotopic (exact) mass is 517 g/mol. The van der Waals surface area contributed by atoms with Crippen LogP contribution in [0.15, 0.2) is 75.9 Å². The van der Waals surface area contributed by atoms with Crippen LogP contribution in [-0.4, -0.2) is 64.0 Å². The number of carbonyl (C=O) groups is 2. The third-order valence-electron chi connectivity index (χ3n) is 6.49. The highest BCUT2D eigenvalue weighted by Gasteiger charge is 2.29. The van der Waals surface area contributed by atoms with E-state index in [9.17, 15) is 14.0 Å². The Bertz CT molecular complexity index is 1400. The molecule has 1 fully saturated rings. The lowest BCUT2D eigenvalue weighted by atomic mass is 10.0. The zero-order valence-corrected chi connectivity index (χ0v) is 21.0. The smallest absolute Gasteiger partial charge is 0.293 e. The lowest BCUT2D eigenvalue weighted by Gasteiger charge is -2.36. The molecule has 0 radical (unpaired) electrons. The van der Waals surface area contributed by atoms with Crippen LogP contribution in [0.25, 0.3) is 23.0 Å². The van der Waals surface area contributed by atoms with E-state index in [1.54, 1.807) is 41.5 Å². The van der Waals surface area contributed by atoms with Crippen molar-refractivity contribution in [1.82, 2.24) is 25.3 Å². The molecule has 0 spiro atoms. The van der Waals surface area contributed by atoms with Crippen molar-refractivity contribution in [1.29, 1.82) is 0 Å². The first kappa shape index (κ1) is 25.3. The third-order valence-corrected chi connectivity index (χ3v) is 6.49. The Kier molecular flexibility index (Phi) is 7.60. The molecule has 1 aliphatic rings. The Morgan fingerprint density at radius 1 is 1.05 bits per heavy atom. The van der Waals surface area contributed by atoms with E-state index in [-0.39, 0.29) is 24.1 Å². The van der Waals surface area contributed by atoms with Crippen molar-refractivity contribution in [2.75, 3.05) is 26.2 Å². The predicted molar refractivity (Wildman–Crippen MR) is 137 cm³/mol. The van der Waals surface area contributed by atoms with Gasteiger partial charge in [-0.25, -0.2) is 4.39 Å². The minimum absolute atomic E-state index is 0.107. The number of aromatic nitrogens is 2. The van der Waals surface area contributed by atoms with E-state index in [4.69, 9.17) is 8.94 Å². The first-order valence-corrected chi connectivity index (χ1v) is 12.4. The summed E-state index contributed by atoms with van der Waals surface area (Å²) in [5.74, 6) is 0.407. The average Bonchev–Trinajstić information content (AvgIpc) is 3.62. The number of furan rings is 1. The van der Waals surface area contributed by atoms with Crippen LogP contribution in [0.2, 0.25) is 0 Å². The van der Waals surface area contributed by atoms with Gasteiger partial charge in [-0.1, -0.05) is 41.6 Å². The lowest BCUT2D eigenvalue weighted by Crippen LogP contribution is -2.55. The number of benzene rings is 2. The van der Waals surface area contributed by atoms with Crippen molar-refractivity contribution in [2.45, 2.75) is 25.9 Å². The first-order chi connectivity index (χ1) is 18.5. The first-order valence-electron chi connectivity index (χ1n) is 12.4. The number of carbonyl (C=O) groups excluding carboxylic acids is 2. The molecule has 0 unspecified atom stereocenters. The van der Waals surface area contributed by atoms with Crippen LogP contribution in [-0.2, 0) is 22.6 Å². The maximum Gasteiger partial charge on any atom is 0.293 e. The van der Waals surface area contributed by atoms with Crippen molar-refractivity contribution < 1.29 is 22.9 Å². The molecule has 196 valence electrons. The number of amides is 2. The molecule has 2 amide bonds. The van der Waals surface area contributed by atoms with Crippen molar-refractivity contribution in [3.05, 3.63) is 83.9 Å². The van der Waals surface area contributed by atoms with E-state index in [1.165, 1.54) is 13.0 Å². The summed E-state index contributed by atoms with van der Waals surface area (Å²) in [6.07, 6.45) is 1.66. The fourth-order valence-electron chi connectivity index (χ4n) is 4.58. The molecule has 1 N–H and O–H groups in total. The molecular formula is C28H28FN5O4. The molecule has 1 saturated heterocycles. The van der Waals surface area contributed by atoms with E-state index < -0.39 is 6.04 Å². The Labute approximate surface area is 219 Å². The number of halogens is 1. The second-order valence-corrected chi connectivity index (χ2v) is 9.25. The van der Waals surface area contributed by atoms with Gasteiger partial charge < -0.3 is 19.2 Å².